The Hall–Kier alpha value is -4.08. The van der Waals surface area contributed by atoms with Crippen molar-refractivity contribution in [1.82, 2.24) is 0 Å². The van der Waals surface area contributed by atoms with Gasteiger partial charge in [-0.3, -0.25) is 0 Å². The van der Waals surface area contributed by atoms with Gasteiger partial charge in [0.15, 0.2) is 10.2 Å². The average molecular weight is 507 g/mol. The third kappa shape index (κ3) is 7.46. The molecule has 5 nitrogen and oxygen atoms in total. The lowest BCUT2D eigenvalue weighted by molar-refractivity contribution is 0.483. The fourth-order valence-electron chi connectivity index (χ4n) is 3.00. The van der Waals surface area contributed by atoms with E-state index in [-0.39, 0.29) is 11.6 Å². The van der Waals surface area contributed by atoms with Crippen LogP contribution < -0.4 is 26.0 Å². The van der Waals surface area contributed by atoms with Crippen LogP contribution in [0.4, 0.5) is 31.5 Å². The topological polar surface area (TPSA) is 57.4 Å². The van der Waals surface area contributed by atoms with Gasteiger partial charge in [-0.25, -0.2) is 8.78 Å². The molecule has 0 atom stereocenters. The van der Waals surface area contributed by atoms with Gasteiger partial charge >= 0.3 is 0 Å². The summed E-state index contributed by atoms with van der Waals surface area (Å²) in [7, 11) is 0. The van der Waals surface area contributed by atoms with Gasteiger partial charge in [0.25, 0.3) is 0 Å². The summed E-state index contributed by atoms with van der Waals surface area (Å²) in [6.07, 6.45) is 0. The minimum Gasteiger partial charge on any atom is -0.457 e. The molecule has 4 aromatic carbocycles. The number of halogens is 2. The molecule has 35 heavy (non-hydrogen) atoms. The molecule has 0 saturated heterocycles. The largest absolute Gasteiger partial charge is 0.457 e. The van der Waals surface area contributed by atoms with Crippen molar-refractivity contribution >= 4 is 57.4 Å². The van der Waals surface area contributed by atoms with Gasteiger partial charge in [-0.05, 0) is 121 Å². The van der Waals surface area contributed by atoms with Crippen molar-refractivity contribution in [1.29, 1.82) is 0 Å². The zero-order valence-corrected chi connectivity index (χ0v) is 19.9. The van der Waals surface area contributed by atoms with Crippen molar-refractivity contribution in [3.8, 4) is 11.5 Å². The first-order valence-electron chi connectivity index (χ1n) is 10.5. The predicted molar refractivity (Wildman–Crippen MR) is 145 cm³/mol. The van der Waals surface area contributed by atoms with Crippen LogP contribution in [0.5, 0.6) is 11.5 Å². The van der Waals surface area contributed by atoms with E-state index in [1.165, 1.54) is 24.3 Å². The van der Waals surface area contributed by atoms with Gasteiger partial charge in [-0.2, -0.15) is 0 Å². The monoisotopic (exact) mass is 506 g/mol. The molecular weight excluding hydrogens is 486 g/mol. The van der Waals surface area contributed by atoms with Crippen molar-refractivity contribution in [2.45, 2.75) is 0 Å². The van der Waals surface area contributed by atoms with Crippen LogP contribution in [0.15, 0.2) is 97.1 Å². The number of benzene rings is 4. The van der Waals surface area contributed by atoms with E-state index in [2.05, 4.69) is 21.3 Å². The molecule has 0 aliphatic carbocycles. The molecule has 0 spiro atoms. The molecule has 0 aliphatic heterocycles. The second kappa shape index (κ2) is 11.4. The fraction of sp³-hybridized carbons (Fsp3) is 0. The summed E-state index contributed by atoms with van der Waals surface area (Å²) in [6, 6.07) is 26.5. The third-order valence-corrected chi connectivity index (χ3v) is 5.07. The van der Waals surface area contributed by atoms with Crippen LogP contribution in [0.3, 0.4) is 0 Å². The first kappa shape index (κ1) is 24.1. The Morgan fingerprint density at radius 1 is 0.457 bits per heavy atom. The van der Waals surface area contributed by atoms with Crippen molar-refractivity contribution in [2.75, 3.05) is 21.3 Å². The Morgan fingerprint density at radius 3 is 1.00 bits per heavy atom. The maximum absolute atomic E-state index is 13.0. The first-order valence-corrected chi connectivity index (χ1v) is 11.3. The molecule has 0 aliphatic rings. The van der Waals surface area contributed by atoms with Crippen LogP contribution in [0.25, 0.3) is 0 Å². The highest BCUT2D eigenvalue weighted by molar-refractivity contribution is 7.81. The number of anilines is 4. The average Bonchev–Trinajstić information content (AvgIpc) is 2.84. The zero-order valence-electron chi connectivity index (χ0n) is 18.2. The number of thiocarbonyl (C=S) groups is 2. The van der Waals surface area contributed by atoms with Gasteiger partial charge in [-0.15, -0.1) is 0 Å². The number of hydrogen-bond donors (Lipinski definition) is 4. The summed E-state index contributed by atoms with van der Waals surface area (Å²) in [5, 5.41) is 12.9. The van der Waals surface area contributed by atoms with Crippen molar-refractivity contribution in [3.05, 3.63) is 109 Å². The van der Waals surface area contributed by atoms with Crippen molar-refractivity contribution in [3.63, 3.8) is 0 Å². The Labute approximate surface area is 212 Å². The second-order valence-electron chi connectivity index (χ2n) is 7.32. The highest BCUT2D eigenvalue weighted by Gasteiger charge is 2.03. The third-order valence-electron chi connectivity index (χ3n) is 4.66. The zero-order chi connectivity index (χ0) is 24.6. The molecule has 0 heterocycles. The molecule has 176 valence electrons. The summed E-state index contributed by atoms with van der Waals surface area (Å²) in [5.74, 6) is 0.695. The first-order chi connectivity index (χ1) is 16.9. The lowest BCUT2D eigenvalue weighted by Gasteiger charge is -2.12. The molecule has 0 aromatic heterocycles. The smallest absolute Gasteiger partial charge is 0.175 e. The minimum absolute atomic E-state index is 0.307. The highest BCUT2D eigenvalue weighted by atomic mass is 32.1. The lowest BCUT2D eigenvalue weighted by atomic mass is 10.3. The Morgan fingerprint density at radius 2 is 0.714 bits per heavy atom. The number of rotatable bonds is 6. The molecule has 4 rings (SSSR count). The highest BCUT2D eigenvalue weighted by Crippen LogP contribution is 2.25. The van der Waals surface area contributed by atoms with E-state index in [4.69, 9.17) is 29.2 Å². The predicted octanol–water partition coefficient (Wildman–Crippen LogP) is 7.37. The maximum atomic E-state index is 13.0. The van der Waals surface area contributed by atoms with Crippen LogP contribution in [-0.4, -0.2) is 10.2 Å². The van der Waals surface area contributed by atoms with E-state index in [1.54, 1.807) is 24.3 Å². The van der Waals surface area contributed by atoms with Gasteiger partial charge in [0.05, 0.1) is 0 Å². The van der Waals surface area contributed by atoms with Gasteiger partial charge in [0, 0.05) is 22.7 Å². The maximum Gasteiger partial charge on any atom is 0.175 e. The van der Waals surface area contributed by atoms with Crippen molar-refractivity contribution < 1.29 is 13.5 Å². The van der Waals surface area contributed by atoms with Crippen LogP contribution in [-0.2, 0) is 0 Å². The van der Waals surface area contributed by atoms with E-state index in [0.717, 1.165) is 11.4 Å². The minimum atomic E-state index is -0.307. The summed E-state index contributed by atoms with van der Waals surface area (Å²) >= 11 is 10.6. The molecule has 0 bridgehead atoms. The van der Waals surface area contributed by atoms with Crippen LogP contribution >= 0.6 is 24.4 Å². The van der Waals surface area contributed by atoms with E-state index in [1.807, 2.05) is 48.5 Å². The summed E-state index contributed by atoms with van der Waals surface area (Å²) in [6.45, 7) is 0. The Balaban J connectivity index is 1.26. The molecule has 0 radical (unpaired) electrons. The molecule has 4 N–H and O–H groups in total. The van der Waals surface area contributed by atoms with Gasteiger partial charge in [0.2, 0.25) is 0 Å². The SMILES string of the molecule is Fc1ccc(NC(=S)Nc2ccc(Oc3ccc(NC(=S)Nc4ccc(F)cc4)cc3)cc2)cc1. The van der Waals surface area contributed by atoms with E-state index < -0.39 is 0 Å². The summed E-state index contributed by atoms with van der Waals surface area (Å²) in [5.41, 5.74) is 2.93. The van der Waals surface area contributed by atoms with Crippen LogP contribution in [0.2, 0.25) is 0 Å². The quantitative estimate of drug-likeness (QED) is 0.204. The lowest BCUT2D eigenvalue weighted by Crippen LogP contribution is -2.18. The molecule has 4 aromatic rings. The van der Waals surface area contributed by atoms with E-state index in [0.29, 0.717) is 33.1 Å². The molecule has 0 fully saturated rings. The fourth-order valence-corrected chi connectivity index (χ4v) is 3.47. The summed E-state index contributed by atoms with van der Waals surface area (Å²) in [4.78, 5) is 0. The summed E-state index contributed by atoms with van der Waals surface area (Å²) < 4.78 is 31.9. The van der Waals surface area contributed by atoms with Gasteiger partial charge in [0.1, 0.15) is 23.1 Å². The van der Waals surface area contributed by atoms with Gasteiger partial charge in [-0.1, -0.05) is 0 Å². The number of ether oxygens (including phenoxy) is 1. The van der Waals surface area contributed by atoms with E-state index in [9.17, 15) is 8.78 Å². The van der Waals surface area contributed by atoms with Crippen LogP contribution in [0, 0.1) is 11.6 Å². The van der Waals surface area contributed by atoms with Gasteiger partial charge < -0.3 is 26.0 Å². The van der Waals surface area contributed by atoms with Crippen LogP contribution in [0.1, 0.15) is 0 Å². The van der Waals surface area contributed by atoms with E-state index >= 15 is 0 Å². The molecule has 0 amide bonds. The Bertz CT molecular complexity index is 1190. The standard InChI is InChI=1S/C26H20F2N4OS2/c27-17-1-5-19(6-2-17)29-25(34)31-21-9-13-23(14-10-21)33-24-15-11-22(12-16-24)32-26(35)30-20-7-3-18(28)4-8-20/h1-16H,(H2,29,31,34)(H2,30,32,35). The molecule has 0 unspecified atom stereocenters. The number of nitrogens with one attached hydrogen (secondary N) is 4. The normalized spacial score (nSPS) is 10.2. The molecule has 0 saturated carbocycles. The molecular formula is C26H20F2N4OS2. The second-order valence-corrected chi connectivity index (χ2v) is 8.14. The Kier molecular flexibility index (Phi) is 7.81. The number of hydrogen-bond acceptors (Lipinski definition) is 3. The van der Waals surface area contributed by atoms with Crippen molar-refractivity contribution in [2.24, 2.45) is 0 Å². The molecule has 9 heteroatoms.